The molecule has 0 aliphatic heterocycles. The third kappa shape index (κ3) is 5.21. The zero-order chi connectivity index (χ0) is 17.5. The number of carbonyl (C=O) groups is 2. The molecule has 2 N–H and O–H groups in total. The van der Waals surface area contributed by atoms with Gasteiger partial charge in [-0.1, -0.05) is 35.9 Å². The van der Waals surface area contributed by atoms with Crippen LogP contribution in [0.4, 0.5) is 5.69 Å². The summed E-state index contributed by atoms with van der Waals surface area (Å²) >= 11 is 5.97. The van der Waals surface area contributed by atoms with Gasteiger partial charge in [0.05, 0.1) is 6.21 Å². The minimum Gasteiger partial charge on any atom is -0.326 e. The third-order valence-electron chi connectivity index (χ3n) is 3.41. The second-order valence-electron chi connectivity index (χ2n) is 5.34. The van der Waals surface area contributed by atoms with E-state index in [9.17, 15) is 9.59 Å². The summed E-state index contributed by atoms with van der Waals surface area (Å²) in [6.07, 6.45) is 1.12. The first-order valence-electron chi connectivity index (χ1n) is 7.39. The summed E-state index contributed by atoms with van der Waals surface area (Å²) in [6.45, 7) is 3.95. The number of nitrogens with one attached hydrogen (secondary N) is 2. The molecule has 0 bridgehead atoms. The highest BCUT2D eigenvalue weighted by atomic mass is 35.5. The van der Waals surface area contributed by atoms with Gasteiger partial charge in [0.2, 0.25) is 11.8 Å². The van der Waals surface area contributed by atoms with Crippen molar-refractivity contribution in [3.63, 3.8) is 0 Å². The molecular weight excluding hydrogens is 326 g/mol. The molecule has 2 amide bonds. The molecule has 24 heavy (non-hydrogen) atoms. The Hall–Kier alpha value is -2.66. The number of hydrogen-bond donors (Lipinski definition) is 2. The monoisotopic (exact) mass is 343 g/mol. The van der Waals surface area contributed by atoms with Gasteiger partial charge in [0.15, 0.2) is 0 Å². The highest BCUT2D eigenvalue weighted by Crippen LogP contribution is 2.14. The van der Waals surface area contributed by atoms with Gasteiger partial charge in [0.25, 0.3) is 0 Å². The number of carbonyl (C=O) groups excluding carboxylic acids is 2. The number of amides is 2. The Morgan fingerprint density at radius 1 is 1.08 bits per heavy atom. The Balaban J connectivity index is 1.84. The number of anilines is 1. The van der Waals surface area contributed by atoms with E-state index in [2.05, 4.69) is 15.8 Å². The largest absolute Gasteiger partial charge is 0.326 e. The van der Waals surface area contributed by atoms with Crippen LogP contribution < -0.4 is 10.7 Å². The van der Waals surface area contributed by atoms with E-state index >= 15 is 0 Å². The van der Waals surface area contributed by atoms with Crippen molar-refractivity contribution < 1.29 is 9.59 Å². The molecule has 0 radical (unpaired) electrons. The quantitative estimate of drug-likeness (QED) is 0.496. The Morgan fingerprint density at radius 2 is 1.83 bits per heavy atom. The summed E-state index contributed by atoms with van der Waals surface area (Å²) in [7, 11) is 0. The van der Waals surface area contributed by atoms with Crippen molar-refractivity contribution in [2.75, 3.05) is 5.32 Å². The predicted octanol–water partition coefficient (Wildman–Crippen LogP) is 3.44. The Morgan fingerprint density at radius 3 is 2.54 bits per heavy atom. The third-order valence-corrected chi connectivity index (χ3v) is 3.75. The van der Waals surface area contributed by atoms with Crippen LogP contribution >= 0.6 is 11.6 Å². The number of hydrogen-bond acceptors (Lipinski definition) is 3. The molecule has 124 valence electrons. The van der Waals surface area contributed by atoms with Crippen LogP contribution in [0.15, 0.2) is 47.6 Å². The number of nitrogens with zero attached hydrogens (tertiary/aromatic N) is 1. The fourth-order valence-corrected chi connectivity index (χ4v) is 2.15. The first-order valence-corrected chi connectivity index (χ1v) is 7.77. The van der Waals surface area contributed by atoms with Crippen molar-refractivity contribution in [1.82, 2.24) is 5.43 Å². The topological polar surface area (TPSA) is 70.6 Å². The lowest BCUT2D eigenvalue weighted by atomic mass is 10.1. The van der Waals surface area contributed by atoms with Crippen molar-refractivity contribution in [3.8, 4) is 0 Å². The van der Waals surface area contributed by atoms with Gasteiger partial charge in [-0.05, 0) is 43.2 Å². The minimum absolute atomic E-state index is 0.313. The average Bonchev–Trinajstić information content (AvgIpc) is 2.52. The molecule has 2 aromatic carbocycles. The van der Waals surface area contributed by atoms with Crippen molar-refractivity contribution in [1.29, 1.82) is 0 Å². The fourth-order valence-electron chi connectivity index (χ4n) is 1.96. The lowest BCUT2D eigenvalue weighted by Crippen LogP contribution is -2.24. The molecule has 0 unspecified atom stereocenters. The number of halogens is 1. The first kappa shape index (κ1) is 17.7. The van der Waals surface area contributed by atoms with Crippen LogP contribution in [0.2, 0.25) is 5.02 Å². The maximum absolute atomic E-state index is 11.9. The average molecular weight is 344 g/mol. The summed E-state index contributed by atoms with van der Waals surface area (Å²) in [4.78, 5) is 23.6. The second kappa shape index (κ2) is 8.26. The van der Waals surface area contributed by atoms with Crippen LogP contribution in [-0.2, 0) is 9.59 Å². The minimum atomic E-state index is -0.500. The summed E-state index contributed by atoms with van der Waals surface area (Å²) in [5.41, 5.74) is 5.86. The lowest BCUT2D eigenvalue weighted by Gasteiger charge is -2.07. The zero-order valence-electron chi connectivity index (χ0n) is 13.5. The molecule has 5 nitrogen and oxygen atoms in total. The second-order valence-corrected chi connectivity index (χ2v) is 5.75. The molecule has 0 fully saturated rings. The van der Waals surface area contributed by atoms with E-state index in [1.807, 2.05) is 32.0 Å². The van der Waals surface area contributed by atoms with Crippen molar-refractivity contribution in [3.05, 3.63) is 64.2 Å². The van der Waals surface area contributed by atoms with E-state index < -0.39 is 11.8 Å². The van der Waals surface area contributed by atoms with Gasteiger partial charge >= 0.3 is 0 Å². The molecule has 0 aliphatic carbocycles. The summed E-state index contributed by atoms with van der Waals surface area (Å²) in [5.74, 6) is -0.900. The summed E-state index contributed by atoms with van der Waals surface area (Å²) in [6, 6.07) is 12.7. The molecule has 0 atom stereocenters. The van der Waals surface area contributed by atoms with Gasteiger partial charge in [-0.2, -0.15) is 5.10 Å². The van der Waals surface area contributed by atoms with E-state index in [4.69, 9.17) is 11.6 Å². The Labute approximate surface area is 145 Å². The number of benzene rings is 2. The highest BCUT2D eigenvalue weighted by Gasteiger charge is 2.09. The van der Waals surface area contributed by atoms with Gasteiger partial charge in [-0.15, -0.1) is 0 Å². The molecule has 0 spiro atoms. The van der Waals surface area contributed by atoms with Crippen LogP contribution in [0.3, 0.4) is 0 Å². The standard InChI is InChI=1S/C18H18ClN3O2/c1-12-7-8-15(9-13(12)2)21-17(23)10-18(24)22-20-11-14-5-3-4-6-16(14)19/h3-9,11H,10H2,1-2H3,(H,21,23)(H,22,24). The SMILES string of the molecule is Cc1ccc(NC(=O)CC(=O)NN=Cc2ccccc2Cl)cc1C. The van der Waals surface area contributed by atoms with Gasteiger partial charge < -0.3 is 5.32 Å². The molecule has 0 saturated carbocycles. The molecular formula is C18H18ClN3O2. The van der Waals surface area contributed by atoms with E-state index in [0.717, 1.165) is 11.1 Å². The van der Waals surface area contributed by atoms with Crippen LogP contribution in [0, 0.1) is 13.8 Å². The number of rotatable bonds is 5. The van der Waals surface area contributed by atoms with Crippen molar-refractivity contribution in [2.45, 2.75) is 20.3 Å². The summed E-state index contributed by atoms with van der Waals surface area (Å²) < 4.78 is 0. The first-order chi connectivity index (χ1) is 11.5. The van der Waals surface area contributed by atoms with Gasteiger partial charge in [-0.3, -0.25) is 9.59 Å². The van der Waals surface area contributed by atoms with E-state index in [-0.39, 0.29) is 6.42 Å². The smallest absolute Gasteiger partial charge is 0.249 e. The van der Waals surface area contributed by atoms with E-state index in [0.29, 0.717) is 16.3 Å². The van der Waals surface area contributed by atoms with Crippen LogP contribution in [0.1, 0.15) is 23.1 Å². The van der Waals surface area contributed by atoms with Crippen LogP contribution in [0.5, 0.6) is 0 Å². The maximum Gasteiger partial charge on any atom is 0.249 e. The van der Waals surface area contributed by atoms with Gasteiger partial charge in [-0.25, -0.2) is 5.43 Å². The molecule has 0 aliphatic rings. The molecule has 6 heteroatoms. The van der Waals surface area contributed by atoms with E-state index in [1.165, 1.54) is 6.21 Å². The lowest BCUT2D eigenvalue weighted by molar-refractivity contribution is -0.126. The zero-order valence-corrected chi connectivity index (χ0v) is 14.2. The summed E-state index contributed by atoms with van der Waals surface area (Å²) in [5, 5.41) is 7.02. The van der Waals surface area contributed by atoms with Gasteiger partial charge in [0.1, 0.15) is 6.42 Å². The fraction of sp³-hybridized carbons (Fsp3) is 0.167. The molecule has 0 saturated heterocycles. The molecule has 2 rings (SSSR count). The number of hydrazone groups is 1. The Bertz CT molecular complexity index is 788. The molecule has 0 aromatic heterocycles. The normalized spacial score (nSPS) is 10.6. The highest BCUT2D eigenvalue weighted by molar-refractivity contribution is 6.33. The predicted molar refractivity (Wildman–Crippen MR) is 96.4 cm³/mol. The van der Waals surface area contributed by atoms with Crippen molar-refractivity contribution >= 4 is 35.3 Å². The Kier molecular flexibility index (Phi) is 6.09. The number of aryl methyl sites for hydroxylation is 2. The van der Waals surface area contributed by atoms with Gasteiger partial charge in [0, 0.05) is 16.3 Å². The van der Waals surface area contributed by atoms with Crippen LogP contribution in [0.25, 0.3) is 0 Å². The van der Waals surface area contributed by atoms with Crippen LogP contribution in [-0.4, -0.2) is 18.0 Å². The maximum atomic E-state index is 11.9. The van der Waals surface area contributed by atoms with E-state index in [1.54, 1.807) is 24.3 Å². The van der Waals surface area contributed by atoms with Crippen molar-refractivity contribution in [2.24, 2.45) is 5.10 Å². The molecule has 0 heterocycles. The molecule has 2 aromatic rings.